The summed E-state index contributed by atoms with van der Waals surface area (Å²) in [6, 6.07) is 19.1. The predicted molar refractivity (Wildman–Crippen MR) is 121 cm³/mol. The molecule has 1 aliphatic carbocycles. The second kappa shape index (κ2) is 8.24. The van der Waals surface area contributed by atoms with Crippen LogP contribution in [-0.2, 0) is 17.8 Å². The molecule has 0 aliphatic heterocycles. The number of rotatable bonds is 7. The number of benzene rings is 2. The van der Waals surface area contributed by atoms with E-state index in [9.17, 15) is 4.79 Å². The summed E-state index contributed by atoms with van der Waals surface area (Å²) in [5, 5.41) is 9.55. The topological polar surface area (TPSA) is 66.9 Å². The molecule has 150 valence electrons. The molecule has 0 atom stereocenters. The Morgan fingerprint density at radius 2 is 1.93 bits per heavy atom. The number of hydrogen-bond donors (Lipinski definition) is 2. The molecule has 30 heavy (non-hydrogen) atoms. The zero-order chi connectivity index (χ0) is 20.3. The van der Waals surface area contributed by atoms with Gasteiger partial charge in [-0.05, 0) is 59.2 Å². The number of anilines is 1. The number of carbonyl (C=O) groups excluding carboxylic acids is 1. The molecule has 2 aromatic carbocycles. The normalized spacial score (nSPS) is 13.3. The van der Waals surface area contributed by atoms with E-state index in [1.165, 1.54) is 12.8 Å². The minimum Gasteiger partial charge on any atom is -0.367 e. The van der Waals surface area contributed by atoms with E-state index in [0.29, 0.717) is 19.0 Å². The van der Waals surface area contributed by atoms with Gasteiger partial charge < -0.3 is 10.6 Å². The van der Waals surface area contributed by atoms with Gasteiger partial charge in [0.15, 0.2) is 0 Å². The lowest BCUT2D eigenvalue weighted by atomic mass is 10.0. The van der Waals surface area contributed by atoms with E-state index in [1.807, 2.05) is 35.7 Å². The molecular weight excluding hydrogens is 392 g/mol. The lowest BCUT2D eigenvalue weighted by molar-refractivity contribution is -0.120. The highest BCUT2D eigenvalue weighted by Gasteiger charge is 2.22. The summed E-state index contributed by atoms with van der Waals surface area (Å²) in [4.78, 5) is 22.1. The lowest BCUT2D eigenvalue weighted by Gasteiger charge is -2.10. The molecule has 1 saturated carbocycles. The minimum absolute atomic E-state index is 0.0431. The number of nitrogens with zero attached hydrogens (tertiary/aromatic N) is 2. The zero-order valence-corrected chi connectivity index (χ0v) is 17.3. The molecule has 0 saturated heterocycles. The first-order chi connectivity index (χ1) is 14.7. The molecule has 0 spiro atoms. The molecule has 2 aromatic heterocycles. The van der Waals surface area contributed by atoms with Crippen LogP contribution in [0.1, 0.15) is 23.3 Å². The molecule has 0 unspecified atom stereocenters. The van der Waals surface area contributed by atoms with Gasteiger partial charge in [0, 0.05) is 22.8 Å². The maximum Gasteiger partial charge on any atom is 0.225 e. The van der Waals surface area contributed by atoms with Crippen LogP contribution in [0, 0.1) is 0 Å². The summed E-state index contributed by atoms with van der Waals surface area (Å²) < 4.78 is 0. The van der Waals surface area contributed by atoms with Crippen molar-refractivity contribution in [2.24, 2.45) is 0 Å². The Labute approximate surface area is 179 Å². The monoisotopic (exact) mass is 414 g/mol. The van der Waals surface area contributed by atoms with Crippen molar-refractivity contribution in [3.63, 3.8) is 0 Å². The van der Waals surface area contributed by atoms with Gasteiger partial charge in [0.2, 0.25) is 5.91 Å². The molecular formula is C24H22N4OS. The van der Waals surface area contributed by atoms with Gasteiger partial charge in [-0.25, -0.2) is 9.97 Å². The average Bonchev–Trinajstić information content (AvgIpc) is 3.45. The third-order valence-corrected chi connectivity index (χ3v) is 6.09. The fourth-order valence-electron chi connectivity index (χ4n) is 3.47. The van der Waals surface area contributed by atoms with Crippen LogP contribution in [0.15, 0.2) is 66.3 Å². The van der Waals surface area contributed by atoms with E-state index in [1.54, 1.807) is 17.7 Å². The Balaban J connectivity index is 1.34. The summed E-state index contributed by atoms with van der Waals surface area (Å²) in [6.07, 6.45) is 4.45. The van der Waals surface area contributed by atoms with Gasteiger partial charge in [-0.2, -0.15) is 0 Å². The standard InChI is InChI=1S/C24H22N4OS/c29-23(13-20-5-2-10-30-20)25-14-16-3-1-4-17(11-16)18-6-9-22-21(12-18)24(27-15-26-22)28-19-7-8-19/h1-6,9-12,15,19H,7-8,13-14H2,(H,25,29)(H,26,27,28). The van der Waals surface area contributed by atoms with E-state index in [-0.39, 0.29) is 5.91 Å². The lowest BCUT2D eigenvalue weighted by Crippen LogP contribution is -2.24. The predicted octanol–water partition coefficient (Wildman–Crippen LogP) is 4.79. The zero-order valence-electron chi connectivity index (χ0n) is 16.5. The number of carbonyl (C=O) groups is 1. The van der Waals surface area contributed by atoms with E-state index in [4.69, 9.17) is 0 Å². The molecule has 5 rings (SSSR count). The van der Waals surface area contributed by atoms with E-state index < -0.39 is 0 Å². The second-order valence-electron chi connectivity index (χ2n) is 7.61. The van der Waals surface area contributed by atoms with Crippen LogP contribution in [0.4, 0.5) is 5.82 Å². The molecule has 1 aliphatic rings. The quantitative estimate of drug-likeness (QED) is 0.456. The van der Waals surface area contributed by atoms with Crippen molar-refractivity contribution in [2.45, 2.75) is 31.8 Å². The Hall–Kier alpha value is -3.25. The van der Waals surface area contributed by atoms with E-state index >= 15 is 0 Å². The summed E-state index contributed by atoms with van der Waals surface area (Å²) in [5.74, 6) is 0.947. The molecule has 4 aromatic rings. The van der Waals surface area contributed by atoms with Crippen molar-refractivity contribution in [3.8, 4) is 11.1 Å². The first-order valence-electron chi connectivity index (χ1n) is 10.1. The summed E-state index contributed by atoms with van der Waals surface area (Å²) in [6.45, 7) is 0.517. The van der Waals surface area contributed by atoms with Gasteiger partial charge in [-0.1, -0.05) is 30.3 Å². The first kappa shape index (κ1) is 18.8. The van der Waals surface area contributed by atoms with Gasteiger partial charge in [0.05, 0.1) is 11.9 Å². The molecule has 1 amide bonds. The number of nitrogens with one attached hydrogen (secondary N) is 2. The highest BCUT2D eigenvalue weighted by molar-refractivity contribution is 7.10. The third kappa shape index (κ3) is 4.33. The average molecular weight is 415 g/mol. The van der Waals surface area contributed by atoms with Crippen LogP contribution in [-0.4, -0.2) is 21.9 Å². The van der Waals surface area contributed by atoms with Crippen LogP contribution in [0.5, 0.6) is 0 Å². The van der Waals surface area contributed by atoms with Crippen molar-refractivity contribution >= 4 is 34.0 Å². The molecule has 2 heterocycles. The highest BCUT2D eigenvalue weighted by atomic mass is 32.1. The van der Waals surface area contributed by atoms with Gasteiger partial charge in [-0.3, -0.25) is 4.79 Å². The van der Waals surface area contributed by atoms with Gasteiger partial charge >= 0.3 is 0 Å². The third-order valence-electron chi connectivity index (χ3n) is 5.22. The van der Waals surface area contributed by atoms with Crippen molar-refractivity contribution in [2.75, 3.05) is 5.32 Å². The Morgan fingerprint density at radius 1 is 1.03 bits per heavy atom. The van der Waals surface area contributed by atoms with Crippen LogP contribution in [0.2, 0.25) is 0 Å². The molecule has 2 N–H and O–H groups in total. The maximum absolute atomic E-state index is 12.2. The smallest absolute Gasteiger partial charge is 0.225 e. The first-order valence-corrected chi connectivity index (χ1v) is 11.0. The van der Waals surface area contributed by atoms with E-state index in [0.717, 1.165) is 38.3 Å². The van der Waals surface area contributed by atoms with E-state index in [2.05, 4.69) is 44.9 Å². The summed E-state index contributed by atoms with van der Waals surface area (Å²) in [7, 11) is 0. The van der Waals surface area contributed by atoms with Gasteiger partial charge in [0.25, 0.3) is 0 Å². The molecule has 1 fully saturated rings. The second-order valence-corrected chi connectivity index (χ2v) is 8.64. The SMILES string of the molecule is O=C(Cc1cccs1)NCc1cccc(-c2ccc3ncnc(NC4CC4)c3c2)c1. The molecule has 6 heteroatoms. The minimum atomic E-state index is 0.0431. The number of fused-ring (bicyclic) bond motifs is 1. The van der Waals surface area contributed by atoms with Crippen LogP contribution in [0.3, 0.4) is 0 Å². The van der Waals surface area contributed by atoms with Crippen LogP contribution >= 0.6 is 11.3 Å². The fourth-order valence-corrected chi connectivity index (χ4v) is 4.17. The van der Waals surface area contributed by atoms with Crippen molar-refractivity contribution in [3.05, 3.63) is 76.7 Å². The summed E-state index contributed by atoms with van der Waals surface area (Å²) >= 11 is 1.61. The van der Waals surface area contributed by atoms with Crippen LogP contribution < -0.4 is 10.6 Å². The molecule has 5 nitrogen and oxygen atoms in total. The number of thiophene rings is 1. The van der Waals surface area contributed by atoms with Gasteiger partial charge in [-0.15, -0.1) is 11.3 Å². The van der Waals surface area contributed by atoms with Crippen molar-refractivity contribution in [1.29, 1.82) is 0 Å². The Morgan fingerprint density at radius 3 is 2.77 bits per heavy atom. The largest absolute Gasteiger partial charge is 0.367 e. The molecule has 0 bridgehead atoms. The summed E-state index contributed by atoms with van der Waals surface area (Å²) in [5.41, 5.74) is 4.24. The van der Waals surface area contributed by atoms with Gasteiger partial charge in [0.1, 0.15) is 12.1 Å². The number of amides is 1. The highest BCUT2D eigenvalue weighted by Crippen LogP contribution is 2.30. The van der Waals surface area contributed by atoms with Crippen molar-refractivity contribution < 1.29 is 4.79 Å². The number of aromatic nitrogens is 2. The maximum atomic E-state index is 12.2. The Kier molecular flexibility index (Phi) is 5.15. The van der Waals surface area contributed by atoms with Crippen LogP contribution in [0.25, 0.3) is 22.0 Å². The number of hydrogen-bond acceptors (Lipinski definition) is 5. The van der Waals surface area contributed by atoms with Crippen molar-refractivity contribution in [1.82, 2.24) is 15.3 Å². The molecule has 0 radical (unpaired) electrons. The Bertz CT molecular complexity index is 1190. The fraction of sp³-hybridized carbons (Fsp3) is 0.208.